The van der Waals surface area contributed by atoms with Crippen molar-refractivity contribution in [3.05, 3.63) is 84.5 Å². The Labute approximate surface area is 300 Å². The van der Waals surface area contributed by atoms with Gasteiger partial charge in [-0.3, -0.25) is 4.79 Å². The van der Waals surface area contributed by atoms with Gasteiger partial charge in [0, 0.05) is 12.5 Å². The highest BCUT2D eigenvalue weighted by Gasteiger charge is 2.39. The van der Waals surface area contributed by atoms with Gasteiger partial charge < -0.3 is 28.6 Å². The van der Waals surface area contributed by atoms with Crippen LogP contribution in [0.15, 0.2) is 67.8 Å². The molecule has 4 rings (SSSR count). The van der Waals surface area contributed by atoms with Gasteiger partial charge in [0.25, 0.3) is 0 Å². The summed E-state index contributed by atoms with van der Waals surface area (Å²) in [5, 5.41) is 0. The molecule has 0 N–H and O–H groups in total. The molecule has 50 heavy (non-hydrogen) atoms. The Bertz CT molecular complexity index is 1390. The summed E-state index contributed by atoms with van der Waals surface area (Å²) in [7, 11) is 3.24. The zero-order valence-corrected chi connectivity index (χ0v) is 30.8. The third-order valence-corrected chi connectivity index (χ3v) is 10.2. The van der Waals surface area contributed by atoms with E-state index >= 15 is 0 Å². The van der Waals surface area contributed by atoms with E-state index in [4.69, 9.17) is 23.7 Å². The van der Waals surface area contributed by atoms with E-state index in [2.05, 4.69) is 19.2 Å². The summed E-state index contributed by atoms with van der Waals surface area (Å²) in [6.45, 7) is 13.2. The van der Waals surface area contributed by atoms with Crippen LogP contribution in [0.5, 0.6) is 11.5 Å². The molecule has 2 fully saturated rings. The normalized spacial score (nSPS) is 19.1. The van der Waals surface area contributed by atoms with E-state index in [1.165, 1.54) is 6.42 Å². The Hall–Kier alpha value is -3.62. The fourth-order valence-corrected chi connectivity index (χ4v) is 7.38. The molecule has 1 aliphatic carbocycles. The number of piperidine rings is 1. The van der Waals surface area contributed by atoms with E-state index in [0.29, 0.717) is 62.9 Å². The van der Waals surface area contributed by atoms with Crippen molar-refractivity contribution in [3.8, 4) is 11.5 Å². The molecule has 1 aliphatic heterocycles. The second kappa shape index (κ2) is 20.3. The minimum Gasteiger partial charge on any atom is -0.493 e. The van der Waals surface area contributed by atoms with Crippen molar-refractivity contribution >= 4 is 11.9 Å². The van der Waals surface area contributed by atoms with Crippen molar-refractivity contribution in [1.29, 1.82) is 0 Å². The first-order valence-corrected chi connectivity index (χ1v) is 18.6. The highest BCUT2D eigenvalue weighted by atomic mass is 16.5. The molecule has 5 atom stereocenters. The SMILES string of the molecule is C=CCOC(C)COC(C)c1cccc(C(CCc2ccc(OC)c(OC)c2)OC(=O)[C@@H]2CCCCN2C(=O)[C@H](CC=C)C2CCCCC2)c1. The van der Waals surface area contributed by atoms with Crippen molar-refractivity contribution in [2.75, 3.05) is 34.0 Å². The van der Waals surface area contributed by atoms with Crippen LogP contribution in [0.25, 0.3) is 0 Å². The van der Waals surface area contributed by atoms with Crippen molar-refractivity contribution in [1.82, 2.24) is 4.90 Å². The number of carbonyl (C=O) groups excluding carboxylic acids is 2. The number of ether oxygens (including phenoxy) is 5. The predicted octanol–water partition coefficient (Wildman–Crippen LogP) is 8.74. The van der Waals surface area contributed by atoms with Gasteiger partial charge in [0.05, 0.1) is 39.6 Å². The summed E-state index contributed by atoms with van der Waals surface area (Å²) in [4.78, 5) is 30.2. The van der Waals surface area contributed by atoms with E-state index in [1.54, 1.807) is 20.3 Å². The van der Waals surface area contributed by atoms with Gasteiger partial charge in [-0.05, 0) is 106 Å². The summed E-state index contributed by atoms with van der Waals surface area (Å²) < 4.78 is 29.3. The van der Waals surface area contributed by atoms with E-state index in [-0.39, 0.29) is 30.0 Å². The number of nitrogens with zero attached hydrogens (tertiary/aromatic N) is 1. The Kier molecular flexibility index (Phi) is 15.9. The number of amides is 1. The molecule has 8 heteroatoms. The summed E-state index contributed by atoms with van der Waals surface area (Å²) in [6.07, 6.45) is 12.7. The molecule has 1 amide bonds. The Balaban J connectivity index is 1.56. The molecule has 2 aliphatic rings. The largest absolute Gasteiger partial charge is 0.493 e. The monoisotopic (exact) mass is 689 g/mol. The van der Waals surface area contributed by atoms with E-state index in [1.807, 2.05) is 61.2 Å². The highest BCUT2D eigenvalue weighted by molar-refractivity contribution is 5.86. The van der Waals surface area contributed by atoms with Crippen molar-refractivity contribution in [2.45, 2.75) is 109 Å². The first-order valence-electron chi connectivity index (χ1n) is 18.6. The first-order chi connectivity index (χ1) is 24.3. The lowest BCUT2D eigenvalue weighted by atomic mass is 9.77. The van der Waals surface area contributed by atoms with Crippen molar-refractivity contribution < 1.29 is 33.3 Å². The van der Waals surface area contributed by atoms with Gasteiger partial charge in [0.15, 0.2) is 11.5 Å². The topological polar surface area (TPSA) is 83.5 Å². The molecule has 0 bridgehead atoms. The molecule has 1 saturated heterocycles. The predicted molar refractivity (Wildman–Crippen MR) is 197 cm³/mol. The van der Waals surface area contributed by atoms with Crippen LogP contribution < -0.4 is 9.47 Å². The van der Waals surface area contributed by atoms with Gasteiger partial charge in [-0.15, -0.1) is 13.2 Å². The smallest absolute Gasteiger partial charge is 0.329 e. The van der Waals surface area contributed by atoms with Crippen molar-refractivity contribution in [2.24, 2.45) is 11.8 Å². The number of rotatable bonds is 19. The zero-order valence-electron chi connectivity index (χ0n) is 30.8. The minimum atomic E-state index is -0.599. The maximum absolute atomic E-state index is 14.2. The van der Waals surface area contributed by atoms with Crippen LogP contribution in [0.2, 0.25) is 0 Å². The average molecular weight is 690 g/mol. The number of methoxy groups -OCH3 is 2. The molecule has 0 radical (unpaired) electrons. The van der Waals surface area contributed by atoms with Crippen molar-refractivity contribution in [3.63, 3.8) is 0 Å². The molecule has 8 nitrogen and oxygen atoms in total. The van der Waals surface area contributed by atoms with Gasteiger partial charge in [-0.2, -0.15) is 0 Å². The molecular weight excluding hydrogens is 630 g/mol. The summed E-state index contributed by atoms with van der Waals surface area (Å²) >= 11 is 0. The van der Waals surface area contributed by atoms with Gasteiger partial charge in [-0.1, -0.05) is 55.7 Å². The van der Waals surface area contributed by atoms with Gasteiger partial charge >= 0.3 is 5.97 Å². The van der Waals surface area contributed by atoms with Crippen LogP contribution in [-0.2, 0) is 30.2 Å². The lowest BCUT2D eigenvalue weighted by Crippen LogP contribution is -2.52. The third-order valence-electron chi connectivity index (χ3n) is 10.2. The molecule has 0 spiro atoms. The van der Waals surface area contributed by atoms with Crippen LogP contribution in [0.3, 0.4) is 0 Å². The average Bonchev–Trinajstić information content (AvgIpc) is 3.16. The van der Waals surface area contributed by atoms with Crippen LogP contribution in [0, 0.1) is 11.8 Å². The van der Waals surface area contributed by atoms with E-state index < -0.39 is 12.1 Å². The molecule has 1 heterocycles. The second-order valence-electron chi connectivity index (χ2n) is 13.8. The maximum Gasteiger partial charge on any atom is 0.329 e. The number of esters is 1. The van der Waals surface area contributed by atoms with E-state index in [9.17, 15) is 9.59 Å². The molecule has 274 valence electrons. The number of benzene rings is 2. The molecule has 0 aromatic heterocycles. The third kappa shape index (κ3) is 10.9. The van der Waals surface area contributed by atoms with Gasteiger partial charge in [-0.25, -0.2) is 4.79 Å². The number of carbonyl (C=O) groups is 2. The number of hydrogen-bond donors (Lipinski definition) is 0. The molecular formula is C42H59NO7. The van der Waals surface area contributed by atoms with Crippen LogP contribution >= 0.6 is 0 Å². The number of allylic oxidation sites excluding steroid dienone is 1. The lowest BCUT2D eigenvalue weighted by molar-refractivity contribution is -0.164. The number of likely N-dealkylation sites (tertiary alicyclic amines) is 1. The Morgan fingerprint density at radius 1 is 0.880 bits per heavy atom. The fourth-order valence-electron chi connectivity index (χ4n) is 7.38. The van der Waals surface area contributed by atoms with Crippen LogP contribution in [0.4, 0.5) is 0 Å². The molecule has 3 unspecified atom stereocenters. The standard InChI is InChI=1S/C42H59NO7/c1-7-15-36(33-16-10-9-11-17-33)41(44)43-25-13-12-20-37(43)42(45)50-38(23-21-32-22-24-39(46-5)40(27-32)47-6)35-19-14-18-34(28-35)31(4)49-29-30(3)48-26-8-2/h7-8,14,18-19,22,24,27-28,30-31,33,36-38H,1-2,9-13,15-17,20-21,23,25-26,29H2,3-6H3/t30?,31?,36-,37+,38?/m1/s1. The quantitative estimate of drug-likeness (QED) is 0.108. The zero-order chi connectivity index (χ0) is 35.9. The fraction of sp³-hybridized carbons (Fsp3) is 0.571. The summed E-state index contributed by atoms with van der Waals surface area (Å²) in [5.74, 6) is 1.27. The first kappa shape index (κ1) is 39.2. The van der Waals surface area contributed by atoms with Gasteiger partial charge in [0.1, 0.15) is 12.1 Å². The number of hydrogen-bond acceptors (Lipinski definition) is 7. The van der Waals surface area contributed by atoms with E-state index in [0.717, 1.165) is 55.2 Å². The second-order valence-corrected chi connectivity index (χ2v) is 13.8. The Morgan fingerprint density at radius 3 is 2.34 bits per heavy atom. The molecule has 2 aromatic carbocycles. The van der Waals surface area contributed by atoms with Gasteiger partial charge in [0.2, 0.25) is 5.91 Å². The summed E-state index contributed by atoms with van der Waals surface area (Å²) in [5.41, 5.74) is 2.92. The lowest BCUT2D eigenvalue weighted by Gasteiger charge is -2.39. The van der Waals surface area contributed by atoms with Crippen LogP contribution in [0.1, 0.15) is 107 Å². The molecule has 2 aromatic rings. The maximum atomic E-state index is 14.2. The summed E-state index contributed by atoms with van der Waals surface area (Å²) in [6, 6.07) is 13.4. The van der Waals surface area contributed by atoms with Crippen LogP contribution in [-0.4, -0.2) is 62.9 Å². The molecule has 1 saturated carbocycles. The minimum absolute atomic E-state index is 0.0702. The number of aryl methyl sites for hydroxylation is 1. The Morgan fingerprint density at radius 2 is 1.62 bits per heavy atom. The highest BCUT2D eigenvalue weighted by Crippen LogP contribution is 2.36.